The summed E-state index contributed by atoms with van der Waals surface area (Å²) in [7, 11) is 0. The number of halogens is 3. The van der Waals surface area contributed by atoms with Crippen LogP contribution in [0.5, 0.6) is 0 Å². The molecule has 0 aliphatic carbocycles. The lowest BCUT2D eigenvalue weighted by Gasteiger charge is -2.07. The molecule has 0 atom stereocenters. The van der Waals surface area contributed by atoms with Gasteiger partial charge in [-0.1, -0.05) is 29.5 Å². The minimum Gasteiger partial charge on any atom is -0.296 e. The fraction of sp³-hybridized carbons (Fsp3) is 0.217. The molecule has 2 aromatic heterocycles. The molecule has 2 aromatic carbocycles. The normalized spacial score (nSPS) is 11.6. The van der Waals surface area contributed by atoms with Crippen LogP contribution in [0.15, 0.2) is 48.7 Å². The molecular weight excluding hydrogens is 451 g/mol. The average molecular weight is 472 g/mol. The zero-order valence-electron chi connectivity index (χ0n) is 18.1. The minimum absolute atomic E-state index is 0.169. The Bertz CT molecular complexity index is 1330. The quantitative estimate of drug-likeness (QED) is 0.417. The summed E-state index contributed by atoms with van der Waals surface area (Å²) in [5.41, 5.74) is 3.63. The van der Waals surface area contributed by atoms with Crippen molar-refractivity contribution in [2.45, 2.75) is 33.4 Å². The van der Waals surface area contributed by atoms with Crippen LogP contribution in [0, 0.1) is 20.8 Å². The topological polar surface area (TPSA) is 72.7 Å². The molecule has 6 nitrogen and oxygen atoms in total. The molecule has 0 saturated carbocycles. The summed E-state index contributed by atoms with van der Waals surface area (Å²) in [5, 5.41) is 11.2. The fourth-order valence-electron chi connectivity index (χ4n) is 3.30. The highest BCUT2D eigenvalue weighted by molar-refractivity contribution is 7.15. The Kier molecular flexibility index (Phi) is 6.03. The molecule has 0 radical (unpaired) electrons. The molecule has 4 rings (SSSR count). The average Bonchev–Trinajstić information content (AvgIpc) is 3.36. The molecule has 0 saturated heterocycles. The number of aromatic nitrogens is 4. The van der Waals surface area contributed by atoms with Gasteiger partial charge in [0.25, 0.3) is 5.91 Å². The molecule has 0 fully saturated rings. The van der Waals surface area contributed by atoms with Crippen molar-refractivity contribution in [3.63, 3.8) is 0 Å². The summed E-state index contributed by atoms with van der Waals surface area (Å²) in [6.45, 7) is 5.77. The van der Waals surface area contributed by atoms with E-state index in [1.807, 2.05) is 32.0 Å². The van der Waals surface area contributed by atoms with Gasteiger partial charge in [0.05, 0.1) is 16.9 Å². The molecule has 0 unspecified atom stereocenters. The van der Waals surface area contributed by atoms with Gasteiger partial charge in [0.2, 0.25) is 0 Å². The van der Waals surface area contributed by atoms with E-state index in [-0.39, 0.29) is 12.1 Å². The van der Waals surface area contributed by atoms with Crippen LogP contribution in [0.25, 0.3) is 5.69 Å². The number of amides is 1. The van der Waals surface area contributed by atoms with E-state index in [1.54, 1.807) is 23.9 Å². The SMILES string of the molecule is Cc1ccc(-n2nnc(C(=O)Nc3ncc(Cc4cccc(C(F)(F)F)c4)s3)c2C)cc1C. The Labute approximate surface area is 192 Å². The Morgan fingerprint density at radius 1 is 1.09 bits per heavy atom. The van der Waals surface area contributed by atoms with Crippen LogP contribution in [0.4, 0.5) is 18.3 Å². The molecule has 4 aromatic rings. The number of rotatable bonds is 5. The van der Waals surface area contributed by atoms with E-state index in [9.17, 15) is 18.0 Å². The number of carbonyl (C=O) groups excluding carboxylic acids is 1. The second-order valence-electron chi connectivity index (χ2n) is 7.66. The summed E-state index contributed by atoms with van der Waals surface area (Å²) in [4.78, 5) is 17.6. The molecule has 0 aliphatic rings. The second-order valence-corrected chi connectivity index (χ2v) is 8.78. The van der Waals surface area contributed by atoms with Gasteiger partial charge in [-0.25, -0.2) is 9.67 Å². The van der Waals surface area contributed by atoms with Gasteiger partial charge in [-0.3, -0.25) is 10.1 Å². The zero-order chi connectivity index (χ0) is 23.8. The number of hydrogen-bond acceptors (Lipinski definition) is 5. The van der Waals surface area contributed by atoms with Crippen LogP contribution in [-0.2, 0) is 12.6 Å². The van der Waals surface area contributed by atoms with Gasteiger partial charge in [0.1, 0.15) is 0 Å². The number of thiazole rings is 1. The third kappa shape index (κ3) is 4.95. The third-order valence-electron chi connectivity index (χ3n) is 5.25. The molecule has 170 valence electrons. The number of aryl methyl sites for hydroxylation is 2. The van der Waals surface area contributed by atoms with E-state index in [0.29, 0.717) is 16.4 Å². The van der Waals surface area contributed by atoms with Crippen LogP contribution in [0.3, 0.4) is 0 Å². The maximum atomic E-state index is 12.9. The molecule has 1 N–H and O–H groups in total. The number of hydrogen-bond donors (Lipinski definition) is 1. The molecule has 0 spiro atoms. The number of benzene rings is 2. The second kappa shape index (κ2) is 8.78. The number of nitrogens with one attached hydrogen (secondary N) is 1. The van der Waals surface area contributed by atoms with Crippen LogP contribution in [0.2, 0.25) is 0 Å². The maximum Gasteiger partial charge on any atom is 0.416 e. The molecule has 0 aliphatic heterocycles. The van der Waals surface area contributed by atoms with Gasteiger partial charge in [0.15, 0.2) is 10.8 Å². The van der Waals surface area contributed by atoms with Gasteiger partial charge in [-0.05, 0) is 55.7 Å². The largest absolute Gasteiger partial charge is 0.416 e. The summed E-state index contributed by atoms with van der Waals surface area (Å²) in [6.07, 6.45) is -2.58. The Morgan fingerprint density at radius 3 is 2.61 bits per heavy atom. The summed E-state index contributed by atoms with van der Waals surface area (Å²) in [5.74, 6) is -0.456. The number of alkyl halides is 3. The predicted octanol–water partition coefficient (Wildman–Crippen LogP) is 5.51. The van der Waals surface area contributed by atoms with E-state index in [0.717, 1.165) is 33.8 Å². The van der Waals surface area contributed by atoms with Gasteiger partial charge in [0, 0.05) is 17.5 Å². The standard InChI is InChI=1S/C23H20F3N5OS/c1-13-7-8-18(9-14(13)2)31-15(3)20(29-30-31)21(32)28-22-27-12-19(33-22)11-16-5-4-6-17(10-16)23(24,25)26/h4-10,12H,11H2,1-3H3,(H,27,28,32). The van der Waals surface area contributed by atoms with Crippen molar-refractivity contribution in [2.24, 2.45) is 0 Å². The van der Waals surface area contributed by atoms with Crippen molar-refractivity contribution in [1.29, 1.82) is 0 Å². The minimum atomic E-state index is -4.39. The summed E-state index contributed by atoms with van der Waals surface area (Å²) >= 11 is 1.20. The van der Waals surface area contributed by atoms with E-state index in [1.165, 1.54) is 17.4 Å². The lowest BCUT2D eigenvalue weighted by molar-refractivity contribution is -0.137. The summed E-state index contributed by atoms with van der Waals surface area (Å²) < 4.78 is 40.4. The monoisotopic (exact) mass is 471 g/mol. The van der Waals surface area contributed by atoms with Crippen LogP contribution < -0.4 is 5.32 Å². The number of nitrogens with zero attached hydrogens (tertiary/aromatic N) is 4. The van der Waals surface area contributed by atoms with E-state index in [4.69, 9.17) is 0 Å². The van der Waals surface area contributed by atoms with Gasteiger partial charge in [-0.2, -0.15) is 13.2 Å². The molecule has 33 heavy (non-hydrogen) atoms. The Morgan fingerprint density at radius 2 is 1.88 bits per heavy atom. The van der Waals surface area contributed by atoms with Crippen molar-refractivity contribution in [2.75, 3.05) is 5.32 Å². The Balaban J connectivity index is 1.47. The zero-order valence-corrected chi connectivity index (χ0v) is 18.9. The van der Waals surface area contributed by atoms with Crippen molar-refractivity contribution >= 4 is 22.4 Å². The van der Waals surface area contributed by atoms with Crippen molar-refractivity contribution < 1.29 is 18.0 Å². The molecule has 2 heterocycles. The van der Waals surface area contributed by atoms with Crippen LogP contribution in [-0.4, -0.2) is 25.9 Å². The predicted molar refractivity (Wildman–Crippen MR) is 120 cm³/mol. The first kappa shape index (κ1) is 22.7. The summed E-state index contributed by atoms with van der Waals surface area (Å²) in [6, 6.07) is 11.0. The first-order valence-electron chi connectivity index (χ1n) is 10.0. The van der Waals surface area contributed by atoms with Gasteiger partial charge < -0.3 is 0 Å². The van der Waals surface area contributed by atoms with E-state index < -0.39 is 17.6 Å². The van der Waals surface area contributed by atoms with E-state index in [2.05, 4.69) is 20.6 Å². The molecule has 0 bridgehead atoms. The van der Waals surface area contributed by atoms with Crippen molar-refractivity contribution in [1.82, 2.24) is 20.0 Å². The number of anilines is 1. The van der Waals surface area contributed by atoms with Gasteiger partial charge >= 0.3 is 6.18 Å². The fourth-order valence-corrected chi connectivity index (χ4v) is 4.15. The molecular formula is C23H20F3N5OS. The highest BCUT2D eigenvalue weighted by Crippen LogP contribution is 2.30. The van der Waals surface area contributed by atoms with Gasteiger partial charge in [-0.15, -0.1) is 16.4 Å². The lowest BCUT2D eigenvalue weighted by Crippen LogP contribution is -2.14. The first-order chi connectivity index (χ1) is 15.6. The number of carbonyl (C=O) groups is 1. The third-order valence-corrected chi connectivity index (χ3v) is 6.16. The highest BCUT2D eigenvalue weighted by Gasteiger charge is 2.30. The maximum absolute atomic E-state index is 12.9. The van der Waals surface area contributed by atoms with Crippen LogP contribution >= 0.6 is 11.3 Å². The highest BCUT2D eigenvalue weighted by atomic mass is 32.1. The smallest absolute Gasteiger partial charge is 0.296 e. The lowest BCUT2D eigenvalue weighted by atomic mass is 10.1. The molecule has 10 heteroatoms. The first-order valence-corrected chi connectivity index (χ1v) is 10.9. The van der Waals surface area contributed by atoms with Crippen LogP contribution in [0.1, 0.15) is 43.3 Å². The van der Waals surface area contributed by atoms with Crippen molar-refractivity contribution in [3.05, 3.63) is 87.2 Å². The van der Waals surface area contributed by atoms with E-state index >= 15 is 0 Å². The Hall–Kier alpha value is -3.53. The molecule has 1 amide bonds. The van der Waals surface area contributed by atoms with Crippen molar-refractivity contribution in [3.8, 4) is 5.69 Å².